The Morgan fingerprint density at radius 2 is 2.18 bits per heavy atom. The fourth-order valence-corrected chi connectivity index (χ4v) is 1.49. The van der Waals surface area contributed by atoms with Crippen LogP contribution in [0, 0.1) is 0 Å². The van der Waals surface area contributed by atoms with Crippen LogP contribution in [0.3, 0.4) is 0 Å². The molecule has 2 nitrogen and oxygen atoms in total. The van der Waals surface area contributed by atoms with E-state index in [1.165, 1.54) is 0 Å². The third-order valence-corrected chi connectivity index (χ3v) is 2.44. The van der Waals surface area contributed by atoms with Crippen molar-refractivity contribution in [2.24, 2.45) is 4.99 Å². The quantitative estimate of drug-likeness (QED) is 0.550. The van der Waals surface area contributed by atoms with E-state index in [0.29, 0.717) is 0 Å². The molecule has 2 heteroatoms. The van der Waals surface area contributed by atoms with Gasteiger partial charge in [0.2, 0.25) is 0 Å². The van der Waals surface area contributed by atoms with Crippen molar-refractivity contribution in [3.05, 3.63) is 66.7 Å². The Kier molecular flexibility index (Phi) is 4.82. The first-order valence-corrected chi connectivity index (χ1v) is 5.27. The molecule has 0 spiro atoms. The lowest BCUT2D eigenvalue weighted by Gasteiger charge is -2.08. The van der Waals surface area contributed by atoms with Crippen molar-refractivity contribution in [2.45, 2.75) is 6.92 Å². The van der Waals surface area contributed by atoms with Gasteiger partial charge in [0.1, 0.15) is 0 Å². The molecule has 0 fully saturated rings. The number of aromatic nitrogens is 1. The van der Waals surface area contributed by atoms with E-state index in [2.05, 4.69) is 29.9 Å². The highest BCUT2D eigenvalue weighted by molar-refractivity contribution is 5.82. The molecular weight excluding hydrogens is 208 g/mol. The van der Waals surface area contributed by atoms with Crippen LogP contribution in [0.1, 0.15) is 18.1 Å². The summed E-state index contributed by atoms with van der Waals surface area (Å²) >= 11 is 0. The molecule has 0 N–H and O–H groups in total. The minimum Gasteiger partial charge on any atom is -0.272 e. The van der Waals surface area contributed by atoms with E-state index in [1.807, 2.05) is 25.1 Å². The smallest absolute Gasteiger partial charge is 0.0346 e. The largest absolute Gasteiger partial charge is 0.272 e. The Morgan fingerprint density at radius 1 is 1.41 bits per heavy atom. The average molecular weight is 224 g/mol. The molecule has 0 unspecified atom stereocenters. The minimum absolute atomic E-state index is 0.984. The maximum Gasteiger partial charge on any atom is 0.0346 e. The molecule has 1 aromatic heterocycles. The van der Waals surface area contributed by atoms with Crippen LogP contribution in [0.5, 0.6) is 0 Å². The highest BCUT2D eigenvalue weighted by Crippen LogP contribution is 2.24. The molecule has 17 heavy (non-hydrogen) atoms. The van der Waals surface area contributed by atoms with Crippen molar-refractivity contribution in [2.75, 3.05) is 0 Å². The van der Waals surface area contributed by atoms with Crippen molar-refractivity contribution in [1.82, 2.24) is 4.98 Å². The Hall–Kier alpha value is -2.22. The highest BCUT2D eigenvalue weighted by atomic mass is 14.6. The highest BCUT2D eigenvalue weighted by Gasteiger charge is 2.05. The molecule has 0 radical (unpaired) electrons. The Bertz CT molecular complexity index is 493. The number of nitrogens with zero attached hydrogens (tertiary/aromatic N) is 2. The zero-order valence-corrected chi connectivity index (χ0v) is 10.1. The lowest BCUT2D eigenvalue weighted by atomic mass is 9.97. The molecule has 0 aliphatic carbocycles. The summed E-state index contributed by atoms with van der Waals surface area (Å²) in [5.41, 5.74) is 4.16. The van der Waals surface area contributed by atoms with Gasteiger partial charge in [-0.2, -0.15) is 0 Å². The van der Waals surface area contributed by atoms with Gasteiger partial charge in [0.25, 0.3) is 0 Å². The third-order valence-electron chi connectivity index (χ3n) is 2.44. The van der Waals surface area contributed by atoms with Gasteiger partial charge in [-0.3, -0.25) is 9.98 Å². The van der Waals surface area contributed by atoms with Crippen LogP contribution in [0.15, 0.2) is 60.5 Å². The first-order chi connectivity index (χ1) is 8.24. The fourth-order valence-electron chi connectivity index (χ4n) is 1.49. The number of hydrogen-bond acceptors (Lipinski definition) is 2. The van der Waals surface area contributed by atoms with Gasteiger partial charge < -0.3 is 0 Å². The normalized spacial score (nSPS) is 12.1. The number of aliphatic imine (C=N–C) groups is 1. The molecule has 0 aliphatic heterocycles. The molecule has 0 atom stereocenters. The summed E-state index contributed by atoms with van der Waals surface area (Å²) in [6.07, 6.45) is 10.7. The lowest BCUT2D eigenvalue weighted by Crippen LogP contribution is -1.90. The zero-order chi connectivity index (χ0) is 12.7. The SMILES string of the molecule is C=C/C(C)=C(/C=C\N=C)c1ccncc1C=C. The van der Waals surface area contributed by atoms with Crippen LogP contribution < -0.4 is 0 Å². The van der Waals surface area contributed by atoms with E-state index in [1.54, 1.807) is 24.7 Å². The summed E-state index contributed by atoms with van der Waals surface area (Å²) in [5.74, 6) is 0. The first-order valence-electron chi connectivity index (χ1n) is 5.27. The average Bonchev–Trinajstić information content (AvgIpc) is 2.39. The molecule has 1 heterocycles. The predicted molar refractivity (Wildman–Crippen MR) is 75.8 cm³/mol. The standard InChI is InChI=1S/C15H16N2/c1-5-12(3)14(7-9-16-4)15-8-10-17-11-13(15)6-2/h5-11H,1-2,4H2,3H3/b9-7-,14-12-. The first kappa shape index (κ1) is 12.8. The molecule has 86 valence electrons. The van der Waals surface area contributed by atoms with Gasteiger partial charge in [-0.25, -0.2) is 0 Å². The van der Waals surface area contributed by atoms with Crippen molar-refractivity contribution in [1.29, 1.82) is 0 Å². The van der Waals surface area contributed by atoms with Crippen LogP contribution in [0.4, 0.5) is 0 Å². The second-order valence-corrected chi connectivity index (χ2v) is 3.47. The molecule has 1 rings (SSSR count). The van der Waals surface area contributed by atoms with Crippen LogP contribution >= 0.6 is 0 Å². The van der Waals surface area contributed by atoms with Gasteiger partial charge in [-0.05, 0) is 42.5 Å². The molecule has 1 aromatic rings. The number of hydrogen-bond donors (Lipinski definition) is 0. The summed E-state index contributed by atoms with van der Waals surface area (Å²) in [6.45, 7) is 13.0. The number of rotatable bonds is 5. The molecule has 0 aliphatic rings. The van der Waals surface area contributed by atoms with Gasteiger partial charge >= 0.3 is 0 Å². The Balaban J connectivity index is 3.42. The molecule has 0 saturated heterocycles. The van der Waals surface area contributed by atoms with E-state index in [-0.39, 0.29) is 0 Å². The van der Waals surface area contributed by atoms with Crippen molar-refractivity contribution >= 4 is 18.4 Å². The second-order valence-electron chi connectivity index (χ2n) is 3.47. The maximum absolute atomic E-state index is 4.08. The lowest BCUT2D eigenvalue weighted by molar-refractivity contribution is 1.30. The number of pyridine rings is 1. The van der Waals surface area contributed by atoms with Crippen molar-refractivity contribution in [3.8, 4) is 0 Å². The van der Waals surface area contributed by atoms with Gasteiger partial charge in [-0.1, -0.05) is 25.3 Å². The molecule has 0 saturated carbocycles. The minimum atomic E-state index is 0.984. The molecule has 0 aromatic carbocycles. The summed E-state index contributed by atoms with van der Waals surface area (Å²) in [4.78, 5) is 7.82. The zero-order valence-electron chi connectivity index (χ0n) is 10.1. The summed E-state index contributed by atoms with van der Waals surface area (Å²) in [5, 5.41) is 0. The van der Waals surface area contributed by atoms with E-state index >= 15 is 0 Å². The van der Waals surface area contributed by atoms with Crippen LogP contribution in [0.25, 0.3) is 11.6 Å². The van der Waals surface area contributed by atoms with E-state index < -0.39 is 0 Å². The molecule has 0 amide bonds. The summed E-state index contributed by atoms with van der Waals surface area (Å²) in [6, 6.07) is 1.95. The van der Waals surface area contributed by atoms with E-state index in [4.69, 9.17) is 0 Å². The Morgan fingerprint density at radius 3 is 2.76 bits per heavy atom. The second kappa shape index (κ2) is 6.38. The van der Waals surface area contributed by atoms with Crippen LogP contribution in [-0.2, 0) is 0 Å². The van der Waals surface area contributed by atoms with E-state index in [0.717, 1.165) is 22.3 Å². The van der Waals surface area contributed by atoms with E-state index in [9.17, 15) is 0 Å². The van der Waals surface area contributed by atoms with Crippen molar-refractivity contribution < 1.29 is 0 Å². The van der Waals surface area contributed by atoms with Gasteiger partial charge in [0, 0.05) is 24.2 Å². The van der Waals surface area contributed by atoms with Gasteiger partial charge in [-0.15, -0.1) is 0 Å². The fraction of sp³-hybridized carbons (Fsp3) is 0.0667. The Labute approximate surface area is 102 Å². The summed E-state index contributed by atoms with van der Waals surface area (Å²) < 4.78 is 0. The van der Waals surface area contributed by atoms with Gasteiger partial charge in [0.05, 0.1) is 0 Å². The molecule has 0 bridgehead atoms. The van der Waals surface area contributed by atoms with Crippen LogP contribution in [-0.4, -0.2) is 11.7 Å². The summed E-state index contributed by atoms with van der Waals surface area (Å²) in [7, 11) is 0. The third kappa shape index (κ3) is 3.11. The maximum atomic E-state index is 4.08. The van der Waals surface area contributed by atoms with Crippen molar-refractivity contribution in [3.63, 3.8) is 0 Å². The number of allylic oxidation sites excluding steroid dienone is 4. The monoisotopic (exact) mass is 224 g/mol. The molecular formula is C15H16N2. The topological polar surface area (TPSA) is 25.2 Å². The van der Waals surface area contributed by atoms with Gasteiger partial charge in [0.15, 0.2) is 0 Å². The predicted octanol–water partition coefficient (Wildman–Crippen LogP) is 3.90. The van der Waals surface area contributed by atoms with Crippen LogP contribution in [0.2, 0.25) is 0 Å².